The van der Waals surface area contributed by atoms with Crippen LogP contribution in [0.1, 0.15) is 47.2 Å². The predicted octanol–water partition coefficient (Wildman–Crippen LogP) is 6.22. The number of benzene rings is 2. The highest BCUT2D eigenvalue weighted by Crippen LogP contribution is 2.30. The molecule has 0 fully saturated rings. The Kier molecular flexibility index (Phi) is 5.09. The third-order valence-corrected chi connectivity index (χ3v) is 5.75. The van der Waals surface area contributed by atoms with Crippen LogP contribution in [0.4, 0.5) is 0 Å². The average molecular weight is 422 g/mol. The fourth-order valence-electron chi connectivity index (χ4n) is 3.85. The van der Waals surface area contributed by atoms with Crippen molar-refractivity contribution in [1.82, 2.24) is 0 Å². The van der Waals surface area contributed by atoms with Crippen molar-refractivity contribution in [3.8, 4) is 0 Å². The molecule has 0 aliphatic heterocycles. The fraction of sp³-hybridized carbons (Fsp3) is 0.400. The molecular formula is C20H22Br2. The van der Waals surface area contributed by atoms with E-state index in [0.717, 1.165) is 38.5 Å². The highest BCUT2D eigenvalue weighted by Gasteiger charge is 2.15. The van der Waals surface area contributed by atoms with Crippen LogP contribution in [-0.4, -0.2) is 0 Å². The van der Waals surface area contributed by atoms with E-state index in [-0.39, 0.29) is 0 Å². The van der Waals surface area contributed by atoms with Gasteiger partial charge in [0.25, 0.3) is 0 Å². The van der Waals surface area contributed by atoms with E-state index in [0.29, 0.717) is 0 Å². The minimum atomic E-state index is 1.14. The lowest BCUT2D eigenvalue weighted by atomic mass is 9.86. The summed E-state index contributed by atoms with van der Waals surface area (Å²) in [7, 11) is 0. The Labute approximate surface area is 150 Å². The molecule has 0 saturated heterocycles. The Hall–Kier alpha value is -0.600. The number of halogens is 2. The molecule has 0 nitrogen and oxygen atoms in total. The Morgan fingerprint density at radius 2 is 0.909 bits per heavy atom. The van der Waals surface area contributed by atoms with E-state index in [1.54, 1.807) is 11.1 Å². The average Bonchev–Trinajstić information content (AvgIpc) is 2.49. The van der Waals surface area contributed by atoms with Crippen LogP contribution in [-0.2, 0) is 38.5 Å². The van der Waals surface area contributed by atoms with Crippen LogP contribution in [0.2, 0.25) is 0 Å². The SMILES string of the molecule is CCc1c2cc(Br)cc1CCc1cc(Br)cc(c1CC)CC2. The molecule has 4 bridgehead atoms. The second-order valence-corrected chi connectivity index (χ2v) is 7.94. The Balaban J connectivity index is 2.12. The molecule has 2 heteroatoms. The summed E-state index contributed by atoms with van der Waals surface area (Å²) in [4.78, 5) is 0. The minimum Gasteiger partial charge on any atom is -0.0613 e. The Morgan fingerprint density at radius 3 is 1.14 bits per heavy atom. The third-order valence-electron chi connectivity index (χ3n) is 4.83. The van der Waals surface area contributed by atoms with Crippen molar-refractivity contribution in [2.45, 2.75) is 52.4 Å². The molecule has 0 amide bonds. The van der Waals surface area contributed by atoms with Gasteiger partial charge in [-0.1, -0.05) is 45.7 Å². The van der Waals surface area contributed by atoms with Crippen molar-refractivity contribution in [3.05, 3.63) is 66.6 Å². The van der Waals surface area contributed by atoms with Crippen LogP contribution in [0.3, 0.4) is 0 Å². The molecule has 2 aromatic carbocycles. The lowest BCUT2D eigenvalue weighted by Crippen LogP contribution is -2.09. The van der Waals surface area contributed by atoms with Crippen molar-refractivity contribution in [2.24, 2.45) is 0 Å². The van der Waals surface area contributed by atoms with Gasteiger partial charge in [0.05, 0.1) is 0 Å². The molecule has 1 aliphatic carbocycles. The van der Waals surface area contributed by atoms with Crippen molar-refractivity contribution >= 4 is 31.9 Å². The van der Waals surface area contributed by atoms with Crippen LogP contribution < -0.4 is 0 Å². The first-order chi connectivity index (χ1) is 10.6. The molecule has 1 aliphatic rings. The van der Waals surface area contributed by atoms with E-state index in [1.807, 2.05) is 0 Å². The molecule has 0 spiro atoms. The number of rotatable bonds is 2. The van der Waals surface area contributed by atoms with Gasteiger partial charge >= 0.3 is 0 Å². The van der Waals surface area contributed by atoms with Gasteiger partial charge < -0.3 is 0 Å². The molecule has 22 heavy (non-hydrogen) atoms. The van der Waals surface area contributed by atoms with Crippen molar-refractivity contribution in [2.75, 3.05) is 0 Å². The Bertz CT molecular complexity index is 589. The summed E-state index contributed by atoms with van der Waals surface area (Å²) in [5.41, 5.74) is 9.25. The maximum absolute atomic E-state index is 3.71. The van der Waals surface area contributed by atoms with Crippen molar-refractivity contribution in [3.63, 3.8) is 0 Å². The first-order valence-electron chi connectivity index (χ1n) is 8.22. The number of hydrogen-bond acceptors (Lipinski definition) is 0. The van der Waals surface area contributed by atoms with E-state index < -0.39 is 0 Å². The summed E-state index contributed by atoms with van der Waals surface area (Å²) in [6.07, 6.45) is 6.82. The second kappa shape index (κ2) is 6.88. The summed E-state index contributed by atoms with van der Waals surface area (Å²) in [6.45, 7) is 4.57. The van der Waals surface area contributed by atoms with Crippen LogP contribution in [0, 0.1) is 0 Å². The van der Waals surface area contributed by atoms with E-state index in [4.69, 9.17) is 0 Å². The normalized spacial score (nSPS) is 14.0. The van der Waals surface area contributed by atoms with Crippen LogP contribution in [0.25, 0.3) is 0 Å². The van der Waals surface area contributed by atoms with Gasteiger partial charge in [0, 0.05) is 8.95 Å². The first-order valence-corrected chi connectivity index (χ1v) is 9.81. The van der Waals surface area contributed by atoms with Crippen LogP contribution >= 0.6 is 31.9 Å². The highest BCUT2D eigenvalue weighted by atomic mass is 79.9. The van der Waals surface area contributed by atoms with Gasteiger partial charge in [0.2, 0.25) is 0 Å². The molecule has 3 rings (SSSR count). The van der Waals surface area contributed by atoms with Gasteiger partial charge in [0.15, 0.2) is 0 Å². The molecule has 0 heterocycles. The number of fused-ring (bicyclic) bond motifs is 4. The summed E-state index contributed by atoms with van der Waals surface area (Å²) in [6, 6.07) is 9.31. The topological polar surface area (TPSA) is 0 Å². The molecule has 0 radical (unpaired) electrons. The Morgan fingerprint density at radius 1 is 0.636 bits per heavy atom. The molecule has 0 aromatic heterocycles. The first kappa shape index (κ1) is 16.3. The standard InChI is InChI=1S/C20H22Br2/c1-3-19-13-5-7-15-11-18(22)12-16(20(15)4-2)8-6-14(19)10-17(21)9-13/h9-12H,3-8H2,1-2H3. The van der Waals surface area contributed by atoms with Crippen molar-refractivity contribution in [1.29, 1.82) is 0 Å². The minimum absolute atomic E-state index is 1.14. The molecule has 0 saturated carbocycles. The lowest BCUT2D eigenvalue weighted by Gasteiger charge is -2.21. The molecule has 0 atom stereocenters. The monoisotopic (exact) mass is 420 g/mol. The summed E-state index contributed by atoms with van der Waals surface area (Å²) >= 11 is 7.41. The van der Waals surface area contributed by atoms with Gasteiger partial charge in [-0.2, -0.15) is 0 Å². The quantitative estimate of drug-likeness (QED) is 0.539. The summed E-state index contributed by atoms with van der Waals surface area (Å²) in [5.74, 6) is 0. The summed E-state index contributed by atoms with van der Waals surface area (Å²) < 4.78 is 2.46. The number of aryl methyl sites for hydroxylation is 4. The van der Waals surface area contributed by atoms with E-state index in [1.165, 1.54) is 31.2 Å². The highest BCUT2D eigenvalue weighted by molar-refractivity contribution is 9.10. The maximum atomic E-state index is 3.71. The zero-order valence-corrected chi connectivity index (χ0v) is 16.5. The third kappa shape index (κ3) is 3.19. The summed E-state index contributed by atoms with van der Waals surface area (Å²) in [5, 5.41) is 0. The van der Waals surface area contributed by atoms with E-state index in [9.17, 15) is 0 Å². The van der Waals surface area contributed by atoms with Crippen LogP contribution in [0.5, 0.6) is 0 Å². The largest absolute Gasteiger partial charge is 0.0613 e. The zero-order valence-electron chi connectivity index (χ0n) is 13.3. The lowest BCUT2D eigenvalue weighted by molar-refractivity contribution is 0.841. The maximum Gasteiger partial charge on any atom is 0.0180 e. The van der Waals surface area contributed by atoms with Gasteiger partial charge in [-0.05, 0) is 96.2 Å². The van der Waals surface area contributed by atoms with Gasteiger partial charge in [-0.15, -0.1) is 0 Å². The number of hydrogen-bond donors (Lipinski definition) is 0. The molecule has 116 valence electrons. The zero-order chi connectivity index (χ0) is 15.7. The van der Waals surface area contributed by atoms with E-state index in [2.05, 4.69) is 70.0 Å². The predicted molar refractivity (Wildman–Crippen MR) is 102 cm³/mol. The second-order valence-electron chi connectivity index (χ2n) is 6.11. The van der Waals surface area contributed by atoms with Gasteiger partial charge in [-0.3, -0.25) is 0 Å². The molecule has 2 aromatic rings. The molecule has 0 unspecified atom stereocenters. The molecule has 0 N–H and O–H groups in total. The van der Waals surface area contributed by atoms with E-state index >= 15 is 0 Å². The molecular weight excluding hydrogens is 400 g/mol. The fourth-order valence-corrected chi connectivity index (χ4v) is 4.95. The smallest absolute Gasteiger partial charge is 0.0180 e. The van der Waals surface area contributed by atoms with Crippen LogP contribution in [0.15, 0.2) is 33.2 Å². The van der Waals surface area contributed by atoms with Gasteiger partial charge in [0.1, 0.15) is 0 Å². The van der Waals surface area contributed by atoms with Gasteiger partial charge in [-0.25, -0.2) is 0 Å². The van der Waals surface area contributed by atoms with Crippen molar-refractivity contribution < 1.29 is 0 Å².